The van der Waals surface area contributed by atoms with Crippen molar-refractivity contribution >= 4 is 11.6 Å². The van der Waals surface area contributed by atoms with Gasteiger partial charge in [0, 0.05) is 32.9 Å². The first kappa shape index (κ1) is 18.8. The predicted molar refractivity (Wildman–Crippen MR) is 108 cm³/mol. The molecule has 1 atom stereocenters. The molecule has 0 amide bonds. The third kappa shape index (κ3) is 6.49. The largest absolute Gasteiger partial charge is 0.375 e. The van der Waals surface area contributed by atoms with Crippen molar-refractivity contribution in [1.82, 2.24) is 10.6 Å². The van der Waals surface area contributed by atoms with Crippen molar-refractivity contribution in [2.75, 3.05) is 32.1 Å². The summed E-state index contributed by atoms with van der Waals surface area (Å²) < 4.78 is 0. The number of aliphatic imine (C=N–C) groups is 1. The molecular weight excluding hydrogens is 308 g/mol. The monoisotopic (exact) mass is 338 g/mol. The van der Waals surface area contributed by atoms with Crippen LogP contribution in [0.2, 0.25) is 0 Å². The summed E-state index contributed by atoms with van der Waals surface area (Å²) in [6.45, 7) is 4.12. The lowest BCUT2D eigenvalue weighted by atomic mass is 10.1. The first-order chi connectivity index (χ1) is 12.2. The molecule has 0 heterocycles. The second-order valence-corrected chi connectivity index (χ2v) is 6.24. The molecule has 4 nitrogen and oxygen atoms in total. The molecule has 0 aromatic heterocycles. The number of para-hydroxylation sites is 1. The van der Waals surface area contributed by atoms with Crippen LogP contribution in [0.1, 0.15) is 31.4 Å². The molecule has 4 heteroatoms. The van der Waals surface area contributed by atoms with E-state index >= 15 is 0 Å². The van der Waals surface area contributed by atoms with Crippen LogP contribution < -0.4 is 15.5 Å². The molecule has 2 aromatic rings. The van der Waals surface area contributed by atoms with Gasteiger partial charge in [0.15, 0.2) is 5.96 Å². The Morgan fingerprint density at radius 3 is 2.28 bits per heavy atom. The van der Waals surface area contributed by atoms with Crippen LogP contribution in [-0.2, 0) is 0 Å². The minimum absolute atomic E-state index is 0.233. The highest BCUT2D eigenvalue weighted by molar-refractivity contribution is 5.80. The van der Waals surface area contributed by atoms with E-state index in [0.717, 1.165) is 31.9 Å². The summed E-state index contributed by atoms with van der Waals surface area (Å²) in [7, 11) is 3.96. The number of hydrogen-bond donors (Lipinski definition) is 2. The molecule has 0 bridgehead atoms. The summed E-state index contributed by atoms with van der Waals surface area (Å²) in [6.07, 6.45) is 2.25. The third-order valence-corrected chi connectivity index (χ3v) is 4.29. The second kappa shape index (κ2) is 10.4. The van der Waals surface area contributed by atoms with Gasteiger partial charge in [0.1, 0.15) is 0 Å². The molecule has 2 N–H and O–H groups in total. The molecule has 0 radical (unpaired) electrons. The smallest absolute Gasteiger partial charge is 0.191 e. The van der Waals surface area contributed by atoms with Crippen molar-refractivity contribution < 1.29 is 0 Å². The van der Waals surface area contributed by atoms with Gasteiger partial charge in [-0.1, -0.05) is 48.5 Å². The number of nitrogens with zero attached hydrogens (tertiary/aromatic N) is 2. The van der Waals surface area contributed by atoms with Gasteiger partial charge >= 0.3 is 0 Å². The van der Waals surface area contributed by atoms with E-state index in [1.807, 2.05) is 13.1 Å². The van der Waals surface area contributed by atoms with Gasteiger partial charge in [-0.25, -0.2) is 0 Å². The highest BCUT2D eigenvalue weighted by Gasteiger charge is 2.06. The molecule has 0 aliphatic heterocycles. The van der Waals surface area contributed by atoms with Crippen LogP contribution in [0.25, 0.3) is 0 Å². The maximum absolute atomic E-state index is 4.32. The minimum Gasteiger partial charge on any atom is -0.375 e. The molecule has 1 unspecified atom stereocenters. The first-order valence-corrected chi connectivity index (χ1v) is 8.99. The second-order valence-electron chi connectivity index (χ2n) is 6.24. The first-order valence-electron chi connectivity index (χ1n) is 8.99. The number of rotatable bonds is 8. The Morgan fingerprint density at radius 2 is 1.64 bits per heavy atom. The highest BCUT2D eigenvalue weighted by Crippen LogP contribution is 2.12. The van der Waals surface area contributed by atoms with Crippen molar-refractivity contribution in [3.05, 3.63) is 66.2 Å². The lowest BCUT2D eigenvalue weighted by Gasteiger charge is -2.20. The van der Waals surface area contributed by atoms with E-state index in [9.17, 15) is 0 Å². The van der Waals surface area contributed by atoms with Gasteiger partial charge < -0.3 is 15.5 Å². The van der Waals surface area contributed by atoms with Crippen LogP contribution in [0.5, 0.6) is 0 Å². The molecule has 2 aromatic carbocycles. The fraction of sp³-hybridized carbons (Fsp3) is 0.381. The number of guanidine groups is 1. The average molecular weight is 338 g/mol. The molecule has 134 valence electrons. The van der Waals surface area contributed by atoms with Crippen molar-refractivity contribution in [3.63, 3.8) is 0 Å². The zero-order valence-corrected chi connectivity index (χ0v) is 15.6. The Morgan fingerprint density at radius 1 is 1.00 bits per heavy atom. The van der Waals surface area contributed by atoms with Crippen LogP contribution in [0, 0.1) is 0 Å². The van der Waals surface area contributed by atoms with Crippen LogP contribution in [0.15, 0.2) is 65.7 Å². The SMILES string of the molecule is CN=C(NCCCCN(C)c1ccccc1)NC(C)c1ccccc1. The van der Waals surface area contributed by atoms with Crippen molar-refractivity contribution in [3.8, 4) is 0 Å². The van der Waals surface area contributed by atoms with Gasteiger partial charge in [-0.3, -0.25) is 4.99 Å². The zero-order valence-electron chi connectivity index (χ0n) is 15.6. The maximum atomic E-state index is 4.32. The van der Waals surface area contributed by atoms with Crippen LogP contribution in [-0.4, -0.2) is 33.1 Å². The van der Waals surface area contributed by atoms with E-state index in [2.05, 4.69) is 89.1 Å². The van der Waals surface area contributed by atoms with E-state index in [4.69, 9.17) is 0 Å². The molecule has 0 aliphatic rings. The summed E-state index contributed by atoms with van der Waals surface area (Å²) in [5, 5.41) is 6.84. The van der Waals surface area contributed by atoms with Crippen LogP contribution in [0.4, 0.5) is 5.69 Å². The maximum Gasteiger partial charge on any atom is 0.191 e. The van der Waals surface area contributed by atoms with E-state index < -0.39 is 0 Å². The molecule has 0 spiro atoms. The van der Waals surface area contributed by atoms with Crippen molar-refractivity contribution in [2.24, 2.45) is 4.99 Å². The summed E-state index contributed by atoms with van der Waals surface area (Å²) in [5.41, 5.74) is 2.53. The van der Waals surface area contributed by atoms with Gasteiger partial charge in [0.25, 0.3) is 0 Å². The van der Waals surface area contributed by atoms with E-state index in [0.29, 0.717) is 0 Å². The lowest BCUT2D eigenvalue weighted by Crippen LogP contribution is -2.39. The van der Waals surface area contributed by atoms with Crippen molar-refractivity contribution in [1.29, 1.82) is 0 Å². The van der Waals surface area contributed by atoms with E-state index in [1.54, 1.807) is 0 Å². The van der Waals surface area contributed by atoms with Crippen molar-refractivity contribution in [2.45, 2.75) is 25.8 Å². The minimum atomic E-state index is 0.233. The Bertz CT molecular complexity index is 625. The summed E-state index contributed by atoms with van der Waals surface area (Å²) >= 11 is 0. The molecule has 25 heavy (non-hydrogen) atoms. The van der Waals surface area contributed by atoms with Gasteiger partial charge in [-0.15, -0.1) is 0 Å². The number of nitrogens with one attached hydrogen (secondary N) is 2. The molecule has 2 rings (SSSR count). The third-order valence-electron chi connectivity index (χ3n) is 4.29. The lowest BCUT2D eigenvalue weighted by molar-refractivity contribution is 0.657. The van der Waals surface area contributed by atoms with Gasteiger partial charge in [0.2, 0.25) is 0 Å². The normalized spacial score (nSPS) is 12.5. The molecular formula is C21H30N4. The number of anilines is 1. The summed E-state index contributed by atoms with van der Waals surface area (Å²) in [6, 6.07) is 21.2. The Kier molecular flexibility index (Phi) is 7.83. The van der Waals surface area contributed by atoms with Gasteiger partial charge in [0.05, 0.1) is 6.04 Å². The van der Waals surface area contributed by atoms with Crippen LogP contribution in [0.3, 0.4) is 0 Å². The molecule has 0 aliphatic carbocycles. The zero-order chi connectivity index (χ0) is 17.9. The topological polar surface area (TPSA) is 39.7 Å². The van der Waals surface area contributed by atoms with Crippen LogP contribution >= 0.6 is 0 Å². The van der Waals surface area contributed by atoms with E-state index in [1.165, 1.54) is 11.3 Å². The predicted octanol–water partition coefficient (Wildman–Crippen LogP) is 3.83. The fourth-order valence-corrected chi connectivity index (χ4v) is 2.72. The highest BCUT2D eigenvalue weighted by atomic mass is 15.2. The van der Waals surface area contributed by atoms with Gasteiger partial charge in [-0.2, -0.15) is 0 Å². The molecule has 0 saturated carbocycles. The molecule has 0 fully saturated rings. The Balaban J connectivity index is 1.66. The number of hydrogen-bond acceptors (Lipinski definition) is 2. The quantitative estimate of drug-likeness (QED) is 0.436. The standard InChI is InChI=1S/C21H30N4/c1-18(19-12-6-4-7-13-19)24-21(22-2)23-16-10-11-17-25(3)20-14-8-5-9-15-20/h4-9,12-15,18H,10-11,16-17H2,1-3H3,(H2,22,23,24). The van der Waals surface area contributed by atoms with E-state index in [-0.39, 0.29) is 6.04 Å². The molecule has 0 saturated heterocycles. The average Bonchev–Trinajstić information content (AvgIpc) is 2.67. The van der Waals surface area contributed by atoms with Gasteiger partial charge in [-0.05, 0) is 37.5 Å². The number of unbranched alkanes of at least 4 members (excludes halogenated alkanes) is 1. The Hall–Kier alpha value is -2.49. The number of benzene rings is 2. The Labute approximate surface area is 152 Å². The fourth-order valence-electron chi connectivity index (χ4n) is 2.72. The summed E-state index contributed by atoms with van der Waals surface area (Å²) in [4.78, 5) is 6.61. The summed E-state index contributed by atoms with van der Waals surface area (Å²) in [5.74, 6) is 0.854.